The van der Waals surface area contributed by atoms with Crippen molar-refractivity contribution in [2.24, 2.45) is 23.7 Å². The second-order valence-corrected chi connectivity index (χ2v) is 13.4. The minimum atomic E-state index is -1.89. The molecule has 2 aliphatic heterocycles. The van der Waals surface area contributed by atoms with Crippen LogP contribution < -0.4 is 4.74 Å². The maximum absolute atomic E-state index is 14.0. The number of ketones is 1. The van der Waals surface area contributed by atoms with Crippen LogP contribution >= 0.6 is 0 Å². The van der Waals surface area contributed by atoms with Gasteiger partial charge in [-0.25, -0.2) is 4.98 Å². The molecule has 0 saturated heterocycles. The summed E-state index contributed by atoms with van der Waals surface area (Å²) >= 11 is 0. The first-order valence-corrected chi connectivity index (χ1v) is 16.3. The van der Waals surface area contributed by atoms with Gasteiger partial charge in [0.05, 0.1) is 35.5 Å². The number of ether oxygens (including phenoxy) is 4. The highest BCUT2D eigenvalue weighted by atomic mass is 16.7. The average Bonchev–Trinajstić information content (AvgIpc) is 3.60. The molecule has 0 aliphatic carbocycles. The van der Waals surface area contributed by atoms with E-state index in [1.165, 1.54) is 33.3 Å². The molecule has 0 fully saturated rings. The van der Waals surface area contributed by atoms with Gasteiger partial charge in [0, 0.05) is 67.2 Å². The molecule has 49 heavy (non-hydrogen) atoms. The third-order valence-electron chi connectivity index (χ3n) is 9.95. The summed E-state index contributed by atoms with van der Waals surface area (Å²) in [6, 6.07) is 1.36. The van der Waals surface area contributed by atoms with E-state index in [1.807, 2.05) is 6.92 Å². The van der Waals surface area contributed by atoms with Crippen LogP contribution in [0, 0.1) is 30.6 Å². The number of oxazole rings is 1. The third kappa shape index (κ3) is 6.28. The summed E-state index contributed by atoms with van der Waals surface area (Å²) in [4.78, 5) is 30.8. The van der Waals surface area contributed by atoms with E-state index in [9.17, 15) is 30.0 Å². The van der Waals surface area contributed by atoms with Crippen molar-refractivity contribution in [2.75, 3.05) is 7.11 Å². The fourth-order valence-corrected chi connectivity index (χ4v) is 6.89. The number of phenolic OH excluding ortho intramolecular Hbond substituents is 2. The Morgan fingerprint density at radius 3 is 2.35 bits per heavy atom. The lowest BCUT2D eigenvalue weighted by atomic mass is 9.78. The first kappa shape index (κ1) is 35.9. The lowest BCUT2D eigenvalue weighted by molar-refractivity contribution is -0.160. The minimum absolute atomic E-state index is 0.0169. The number of hydrogen-bond acceptors (Lipinski definition) is 12. The van der Waals surface area contributed by atoms with E-state index >= 15 is 0 Å². The number of aliphatic hydroxyl groups excluding tert-OH is 2. The highest BCUT2D eigenvalue weighted by Crippen LogP contribution is 2.51. The molecule has 12 nitrogen and oxygen atoms in total. The van der Waals surface area contributed by atoms with E-state index in [0.29, 0.717) is 5.57 Å². The Hall–Kier alpha value is -4.39. The van der Waals surface area contributed by atoms with Gasteiger partial charge < -0.3 is 43.8 Å². The largest absolute Gasteiger partial charge is 0.507 e. The molecule has 9 atom stereocenters. The highest BCUT2D eigenvalue weighted by molar-refractivity contribution is 6.23. The number of methoxy groups -OCH3 is 1. The molecule has 2 aliphatic rings. The van der Waals surface area contributed by atoms with E-state index in [0.717, 1.165) is 0 Å². The molecule has 3 aromatic rings. The molecule has 1 aromatic heterocycles. The summed E-state index contributed by atoms with van der Waals surface area (Å²) in [5, 5.41) is 45.4. The molecule has 4 N–H and O–H groups in total. The summed E-state index contributed by atoms with van der Waals surface area (Å²) in [5.41, 5.74) is 1.30. The first-order chi connectivity index (χ1) is 23.0. The number of benzene rings is 2. The van der Waals surface area contributed by atoms with Crippen LogP contribution in [0.1, 0.15) is 70.3 Å². The van der Waals surface area contributed by atoms with Gasteiger partial charge in [-0.15, -0.1) is 0 Å². The Kier molecular flexibility index (Phi) is 9.89. The standard InChI is InChI=1S/C37H45NO11/c1-16-11-10-12-17(2)36-38-23-15-24(40)26-27(34(23)48-36)31(43)21(6)33-28(26)35(44)37(8,49-33)46-14-13-25(45-9)18(3)32(47-22(7)39)20(5)30(42)19(4)29(16)41/h10-16,18-20,25,29-30,32,40-43H,1-9H3/b11-10-,14-13-,17-12-. The van der Waals surface area contributed by atoms with Crippen molar-refractivity contribution in [3.63, 3.8) is 0 Å². The Labute approximate surface area is 284 Å². The van der Waals surface area contributed by atoms with Crippen LogP contribution in [0.3, 0.4) is 0 Å². The predicted molar refractivity (Wildman–Crippen MR) is 181 cm³/mol. The number of carbonyl (C=O) groups excluding carboxylic acids is 2. The van der Waals surface area contributed by atoms with Crippen LogP contribution in [-0.4, -0.2) is 74.5 Å². The van der Waals surface area contributed by atoms with Crippen molar-refractivity contribution in [3.05, 3.63) is 53.7 Å². The van der Waals surface area contributed by atoms with Crippen molar-refractivity contribution in [2.45, 2.75) is 85.6 Å². The molecule has 6 bridgehead atoms. The van der Waals surface area contributed by atoms with Gasteiger partial charge >= 0.3 is 11.8 Å². The van der Waals surface area contributed by atoms with Gasteiger partial charge in [0.1, 0.15) is 28.9 Å². The maximum atomic E-state index is 14.0. The van der Waals surface area contributed by atoms with Gasteiger partial charge in [0.25, 0.3) is 5.78 Å². The number of Topliss-reactive ketones (excluding diaryl/α,β-unsaturated/α-hetero) is 1. The molecule has 3 heterocycles. The molecular formula is C37H45NO11. The van der Waals surface area contributed by atoms with Gasteiger partial charge in [-0.1, -0.05) is 45.9 Å². The lowest BCUT2D eigenvalue weighted by Crippen LogP contribution is -2.46. The monoisotopic (exact) mass is 679 g/mol. The highest BCUT2D eigenvalue weighted by Gasteiger charge is 2.49. The molecule has 0 saturated carbocycles. The van der Waals surface area contributed by atoms with Gasteiger partial charge in [-0.2, -0.15) is 0 Å². The second kappa shape index (κ2) is 13.5. The van der Waals surface area contributed by atoms with Crippen LogP contribution in [0.25, 0.3) is 27.4 Å². The number of carbonyl (C=O) groups is 2. The van der Waals surface area contributed by atoms with Crippen LogP contribution in [0.2, 0.25) is 0 Å². The van der Waals surface area contributed by atoms with Crippen molar-refractivity contribution in [3.8, 4) is 17.2 Å². The van der Waals surface area contributed by atoms with Crippen LogP contribution in [0.4, 0.5) is 0 Å². The number of aliphatic hydroxyl groups is 2. The van der Waals surface area contributed by atoms with Gasteiger partial charge in [-0.3, -0.25) is 9.59 Å². The van der Waals surface area contributed by atoms with Gasteiger partial charge in [-0.05, 0) is 19.9 Å². The Morgan fingerprint density at radius 1 is 1.00 bits per heavy atom. The number of esters is 1. The SMILES string of the molecule is COC1/C=C\OC2(C)Oc3c(C)c(O)c4c(c(O)cc5nc(oc54)/C(C)=C\C=C/C(C)C(O)C(C)C(O)C(C)C(OC(C)=O)C1C)c3C2=O. The lowest BCUT2D eigenvalue weighted by Gasteiger charge is -2.38. The van der Waals surface area contributed by atoms with Gasteiger partial charge in [0.2, 0.25) is 5.89 Å². The molecule has 2 aromatic carbocycles. The van der Waals surface area contributed by atoms with Crippen molar-refractivity contribution >= 4 is 39.2 Å². The summed E-state index contributed by atoms with van der Waals surface area (Å²) in [6.07, 6.45) is 4.52. The summed E-state index contributed by atoms with van der Waals surface area (Å²) in [6.45, 7) is 13.2. The molecule has 5 rings (SSSR count). The number of fused-ring (bicyclic) bond motifs is 2. The van der Waals surface area contributed by atoms with E-state index in [4.69, 9.17) is 23.4 Å². The average molecular weight is 680 g/mol. The quantitative estimate of drug-likeness (QED) is 0.243. The second-order valence-electron chi connectivity index (χ2n) is 13.4. The van der Waals surface area contributed by atoms with Crippen molar-refractivity contribution in [1.29, 1.82) is 0 Å². The Bertz CT molecular complexity index is 1870. The summed E-state index contributed by atoms with van der Waals surface area (Å²) in [7, 11) is 1.46. The predicted octanol–water partition coefficient (Wildman–Crippen LogP) is 5.71. The zero-order valence-corrected chi connectivity index (χ0v) is 29.2. The minimum Gasteiger partial charge on any atom is -0.507 e. The topological polar surface area (TPSA) is 178 Å². The first-order valence-electron chi connectivity index (χ1n) is 16.3. The molecule has 264 valence electrons. The van der Waals surface area contributed by atoms with Crippen LogP contribution in [0.15, 0.2) is 41.0 Å². The van der Waals surface area contributed by atoms with Crippen molar-refractivity contribution in [1.82, 2.24) is 4.98 Å². The van der Waals surface area contributed by atoms with E-state index < -0.39 is 59.7 Å². The fraction of sp³-hybridized carbons (Fsp3) is 0.486. The maximum Gasteiger partial charge on any atom is 0.312 e. The zero-order valence-electron chi connectivity index (χ0n) is 29.2. The van der Waals surface area contributed by atoms with Crippen LogP contribution in [0.5, 0.6) is 17.2 Å². The van der Waals surface area contributed by atoms with E-state index in [-0.39, 0.29) is 62.1 Å². The summed E-state index contributed by atoms with van der Waals surface area (Å²) in [5.74, 6) is -5.46. The van der Waals surface area contributed by atoms with Crippen LogP contribution in [-0.2, 0) is 19.0 Å². The molecular weight excluding hydrogens is 634 g/mol. The molecule has 12 heteroatoms. The van der Waals surface area contributed by atoms with Crippen molar-refractivity contribution < 1.29 is 53.4 Å². The van der Waals surface area contributed by atoms with E-state index in [2.05, 4.69) is 4.98 Å². The molecule has 0 radical (unpaired) electrons. The number of aromatic nitrogens is 1. The zero-order chi connectivity index (χ0) is 36.1. The van der Waals surface area contributed by atoms with Gasteiger partial charge in [0.15, 0.2) is 5.58 Å². The Balaban J connectivity index is 1.68. The molecule has 0 amide bonds. The number of rotatable bonds is 2. The number of aromatic hydroxyl groups is 2. The summed E-state index contributed by atoms with van der Waals surface area (Å²) < 4.78 is 29.6. The number of hydrogen-bond donors (Lipinski definition) is 4. The van der Waals surface area contributed by atoms with E-state index in [1.54, 1.807) is 58.9 Å². The molecule has 0 spiro atoms. The number of allylic oxidation sites excluding steroid dienone is 3. The smallest absolute Gasteiger partial charge is 0.312 e. The number of nitrogens with zero attached hydrogens (tertiary/aromatic N) is 1. The molecule has 9 unspecified atom stereocenters. The number of phenols is 2. The Morgan fingerprint density at radius 2 is 1.69 bits per heavy atom. The third-order valence-corrected chi connectivity index (χ3v) is 9.95. The fourth-order valence-electron chi connectivity index (χ4n) is 6.89. The normalized spacial score (nSPS) is 33.4.